The van der Waals surface area contributed by atoms with Gasteiger partial charge in [0.05, 0.1) is 29.3 Å². The Bertz CT molecular complexity index is 1130. The smallest absolute Gasteiger partial charge is 0.245 e. The number of hydrogen-bond donors (Lipinski definition) is 2. The first-order valence-corrected chi connectivity index (χ1v) is 9.60. The molecule has 28 heavy (non-hydrogen) atoms. The first-order valence-electron chi connectivity index (χ1n) is 8.54. The summed E-state index contributed by atoms with van der Waals surface area (Å²) in [5, 5.41) is 7.75. The summed E-state index contributed by atoms with van der Waals surface area (Å²) in [5.74, 6) is 0.448. The minimum absolute atomic E-state index is 0.332. The second-order valence-electron chi connectivity index (χ2n) is 6.18. The Hall–Kier alpha value is -3.14. The summed E-state index contributed by atoms with van der Waals surface area (Å²) in [7, 11) is 1.60. The lowest BCUT2D eigenvalue weighted by atomic mass is 10.0. The van der Waals surface area contributed by atoms with Gasteiger partial charge in [-0.2, -0.15) is 4.31 Å². The molecular formula is C19H18N6O2S. The Labute approximate surface area is 164 Å². The van der Waals surface area contributed by atoms with Crippen molar-refractivity contribution >= 4 is 28.4 Å². The van der Waals surface area contributed by atoms with Crippen LogP contribution in [-0.2, 0) is 17.8 Å². The molecule has 0 amide bonds. The first-order chi connectivity index (χ1) is 13.6. The highest BCUT2D eigenvalue weighted by Gasteiger charge is 2.14. The number of rotatable bonds is 6. The normalized spacial score (nSPS) is 12.4. The molecule has 2 N–H and O–H groups in total. The highest BCUT2D eigenvalue weighted by molar-refractivity contribution is 7.76. The van der Waals surface area contributed by atoms with Crippen molar-refractivity contribution in [2.45, 2.75) is 6.54 Å². The zero-order valence-corrected chi connectivity index (χ0v) is 15.9. The lowest BCUT2D eigenvalue weighted by Crippen LogP contribution is -2.20. The maximum absolute atomic E-state index is 11.3. The fourth-order valence-corrected chi connectivity index (χ4v) is 3.18. The Morgan fingerprint density at radius 2 is 2.00 bits per heavy atom. The van der Waals surface area contributed by atoms with Gasteiger partial charge in [-0.15, -0.1) is 5.10 Å². The maximum Gasteiger partial charge on any atom is 0.245 e. The van der Waals surface area contributed by atoms with Gasteiger partial charge in [-0.3, -0.25) is 9.54 Å². The molecule has 1 unspecified atom stereocenters. The van der Waals surface area contributed by atoms with Crippen LogP contribution in [0.2, 0.25) is 0 Å². The molecule has 1 atom stereocenters. The van der Waals surface area contributed by atoms with Gasteiger partial charge in [0.2, 0.25) is 17.2 Å². The molecular weight excluding hydrogens is 376 g/mol. The van der Waals surface area contributed by atoms with Gasteiger partial charge in [0.15, 0.2) is 0 Å². The summed E-state index contributed by atoms with van der Waals surface area (Å²) in [6, 6.07) is 15.4. The van der Waals surface area contributed by atoms with Crippen molar-refractivity contribution in [1.82, 2.24) is 23.9 Å². The second kappa shape index (κ2) is 7.85. The molecule has 0 aliphatic rings. The van der Waals surface area contributed by atoms with Crippen molar-refractivity contribution in [3.8, 4) is 11.3 Å². The number of anilines is 2. The Balaban J connectivity index is 1.73. The van der Waals surface area contributed by atoms with E-state index in [1.165, 1.54) is 4.31 Å². The number of hydrogen-bond acceptors (Lipinski definition) is 5. The molecule has 0 aliphatic carbocycles. The van der Waals surface area contributed by atoms with Crippen molar-refractivity contribution < 1.29 is 8.76 Å². The molecule has 0 saturated heterocycles. The minimum atomic E-state index is -2.03. The van der Waals surface area contributed by atoms with E-state index in [0.29, 0.717) is 12.5 Å². The van der Waals surface area contributed by atoms with E-state index in [-0.39, 0.29) is 0 Å². The topological polar surface area (TPSA) is 95.7 Å². The first kappa shape index (κ1) is 18.2. The molecule has 0 bridgehead atoms. The van der Waals surface area contributed by atoms with Crippen LogP contribution in [0.4, 0.5) is 11.6 Å². The van der Waals surface area contributed by atoms with Crippen molar-refractivity contribution in [1.29, 1.82) is 0 Å². The van der Waals surface area contributed by atoms with Crippen molar-refractivity contribution in [3.63, 3.8) is 0 Å². The highest BCUT2D eigenvalue weighted by Crippen LogP contribution is 2.27. The van der Waals surface area contributed by atoms with E-state index in [1.54, 1.807) is 30.2 Å². The largest absolute Gasteiger partial charge is 0.322 e. The SMILES string of the molecule is CN(Cc1ccccc1-c1ccc2cnc(Nc3cccnc3)nn12)S(=O)O. The number of pyridine rings is 1. The number of fused-ring (bicyclic) bond motifs is 1. The summed E-state index contributed by atoms with van der Waals surface area (Å²) >= 11 is -2.03. The van der Waals surface area contributed by atoms with Crippen LogP contribution in [0, 0.1) is 0 Å². The average Bonchev–Trinajstić information content (AvgIpc) is 3.12. The third-order valence-electron chi connectivity index (χ3n) is 4.27. The monoisotopic (exact) mass is 394 g/mol. The van der Waals surface area contributed by atoms with Crippen molar-refractivity contribution in [2.24, 2.45) is 0 Å². The van der Waals surface area contributed by atoms with E-state index in [1.807, 2.05) is 48.5 Å². The Kier molecular flexibility index (Phi) is 5.11. The predicted molar refractivity (Wildman–Crippen MR) is 108 cm³/mol. The Morgan fingerprint density at radius 3 is 2.79 bits per heavy atom. The summed E-state index contributed by atoms with van der Waals surface area (Å²) < 4.78 is 23.8. The van der Waals surface area contributed by atoms with Crippen LogP contribution in [0.15, 0.2) is 67.1 Å². The van der Waals surface area contributed by atoms with Crippen molar-refractivity contribution in [2.75, 3.05) is 12.4 Å². The molecule has 0 spiro atoms. The van der Waals surface area contributed by atoms with Crippen LogP contribution in [0.25, 0.3) is 16.8 Å². The quantitative estimate of drug-likeness (QED) is 0.488. The van der Waals surface area contributed by atoms with E-state index in [9.17, 15) is 8.76 Å². The molecule has 3 aromatic heterocycles. The molecule has 0 saturated carbocycles. The molecule has 142 valence electrons. The van der Waals surface area contributed by atoms with E-state index >= 15 is 0 Å². The summed E-state index contributed by atoms with van der Waals surface area (Å²) in [6.45, 7) is 0.332. The van der Waals surface area contributed by atoms with E-state index in [2.05, 4.69) is 20.4 Å². The molecule has 0 fully saturated rings. The van der Waals surface area contributed by atoms with Gasteiger partial charge in [-0.05, 0) is 29.8 Å². The van der Waals surface area contributed by atoms with Crippen LogP contribution in [0.5, 0.6) is 0 Å². The van der Waals surface area contributed by atoms with E-state index < -0.39 is 11.3 Å². The summed E-state index contributed by atoms with van der Waals surface area (Å²) in [6.07, 6.45) is 5.14. The van der Waals surface area contributed by atoms with Gasteiger partial charge >= 0.3 is 0 Å². The Morgan fingerprint density at radius 1 is 1.14 bits per heavy atom. The third kappa shape index (κ3) is 3.77. The predicted octanol–water partition coefficient (Wildman–Crippen LogP) is 3.10. The third-order valence-corrected chi connectivity index (χ3v) is 4.93. The van der Waals surface area contributed by atoms with Gasteiger partial charge in [0.25, 0.3) is 0 Å². The summed E-state index contributed by atoms with van der Waals surface area (Å²) in [4.78, 5) is 8.43. The van der Waals surface area contributed by atoms with Gasteiger partial charge in [-0.1, -0.05) is 24.3 Å². The van der Waals surface area contributed by atoms with Gasteiger partial charge < -0.3 is 5.32 Å². The maximum atomic E-state index is 11.3. The molecule has 4 rings (SSSR count). The van der Waals surface area contributed by atoms with Crippen LogP contribution in [0.3, 0.4) is 0 Å². The number of benzene rings is 1. The zero-order valence-electron chi connectivity index (χ0n) is 15.1. The van der Waals surface area contributed by atoms with Gasteiger partial charge in [-0.25, -0.2) is 13.7 Å². The van der Waals surface area contributed by atoms with Crippen LogP contribution < -0.4 is 5.32 Å². The zero-order chi connectivity index (χ0) is 19.5. The standard InChI is InChI=1S/C19H18N6O2S/c1-24(28(26)27)13-14-5-2-3-7-17(14)18-9-8-16-12-21-19(23-25(16)18)22-15-6-4-10-20-11-15/h2-12H,13H2,1H3,(H,22,23)(H,26,27). The average molecular weight is 394 g/mol. The molecule has 8 nitrogen and oxygen atoms in total. The number of aromatic nitrogens is 4. The number of nitrogens with zero attached hydrogens (tertiary/aromatic N) is 5. The molecule has 4 aromatic rings. The van der Waals surface area contributed by atoms with Crippen LogP contribution in [0.1, 0.15) is 5.56 Å². The van der Waals surface area contributed by atoms with Gasteiger partial charge in [0, 0.05) is 25.4 Å². The lowest BCUT2D eigenvalue weighted by Gasteiger charge is -2.15. The number of nitrogens with one attached hydrogen (secondary N) is 1. The molecule has 3 heterocycles. The lowest BCUT2D eigenvalue weighted by molar-refractivity contribution is 0.445. The second-order valence-corrected chi connectivity index (χ2v) is 7.26. The molecule has 0 aliphatic heterocycles. The molecule has 1 aromatic carbocycles. The minimum Gasteiger partial charge on any atom is -0.322 e. The fraction of sp³-hybridized carbons (Fsp3) is 0.105. The van der Waals surface area contributed by atoms with Crippen LogP contribution >= 0.6 is 0 Å². The fourth-order valence-electron chi connectivity index (χ4n) is 2.93. The van der Waals surface area contributed by atoms with E-state index in [0.717, 1.165) is 28.0 Å². The summed E-state index contributed by atoms with van der Waals surface area (Å²) in [5.41, 5.74) is 4.38. The molecule has 0 radical (unpaired) electrons. The highest BCUT2D eigenvalue weighted by atomic mass is 32.2. The van der Waals surface area contributed by atoms with Gasteiger partial charge in [0.1, 0.15) is 0 Å². The van der Waals surface area contributed by atoms with Crippen molar-refractivity contribution in [3.05, 3.63) is 72.7 Å². The molecule has 9 heteroatoms. The van der Waals surface area contributed by atoms with Crippen LogP contribution in [-0.4, -0.2) is 39.7 Å². The van der Waals surface area contributed by atoms with E-state index in [4.69, 9.17) is 0 Å².